The van der Waals surface area contributed by atoms with Crippen LogP contribution in [0.3, 0.4) is 0 Å². The molecule has 0 radical (unpaired) electrons. The molecule has 0 spiro atoms. The Morgan fingerprint density at radius 1 is 1.48 bits per heavy atom. The highest BCUT2D eigenvalue weighted by Gasteiger charge is 2.09. The van der Waals surface area contributed by atoms with Crippen molar-refractivity contribution < 1.29 is 9.53 Å². The number of hydrogen-bond acceptors (Lipinski definition) is 5. The minimum atomic E-state index is -0.119. The Morgan fingerprint density at radius 2 is 2.29 bits per heavy atom. The van der Waals surface area contributed by atoms with Crippen LogP contribution in [-0.4, -0.2) is 37.7 Å². The SMILES string of the molecule is COCCNC(=O)CNc1c(N)cnc2ccc(Br)cc12. The number of nitrogen functional groups attached to an aromatic ring is 1. The number of pyridine rings is 1. The summed E-state index contributed by atoms with van der Waals surface area (Å²) >= 11 is 3.42. The van der Waals surface area contributed by atoms with E-state index in [-0.39, 0.29) is 12.5 Å². The van der Waals surface area contributed by atoms with E-state index in [2.05, 4.69) is 31.5 Å². The van der Waals surface area contributed by atoms with Crippen molar-refractivity contribution in [1.29, 1.82) is 0 Å². The van der Waals surface area contributed by atoms with Gasteiger partial charge in [0.15, 0.2) is 0 Å². The van der Waals surface area contributed by atoms with E-state index in [4.69, 9.17) is 10.5 Å². The van der Waals surface area contributed by atoms with E-state index in [1.807, 2.05) is 18.2 Å². The molecule has 6 nitrogen and oxygen atoms in total. The Labute approximate surface area is 131 Å². The number of benzene rings is 1. The Kier molecular flexibility index (Phi) is 5.35. The van der Waals surface area contributed by atoms with Crippen LogP contribution >= 0.6 is 15.9 Å². The first-order chi connectivity index (χ1) is 10.1. The maximum Gasteiger partial charge on any atom is 0.239 e. The monoisotopic (exact) mass is 352 g/mol. The minimum Gasteiger partial charge on any atom is -0.396 e. The van der Waals surface area contributed by atoms with Gasteiger partial charge in [-0.25, -0.2) is 0 Å². The third-order valence-corrected chi connectivity index (χ3v) is 3.41. The summed E-state index contributed by atoms with van der Waals surface area (Å²) in [7, 11) is 1.59. The fourth-order valence-electron chi connectivity index (χ4n) is 1.90. The van der Waals surface area contributed by atoms with Crippen molar-refractivity contribution in [1.82, 2.24) is 10.3 Å². The van der Waals surface area contributed by atoms with Crippen molar-refractivity contribution in [3.05, 3.63) is 28.9 Å². The van der Waals surface area contributed by atoms with Crippen molar-refractivity contribution in [3.63, 3.8) is 0 Å². The molecule has 0 fully saturated rings. The lowest BCUT2D eigenvalue weighted by Crippen LogP contribution is -2.32. The molecule has 1 amide bonds. The van der Waals surface area contributed by atoms with Crippen LogP contribution in [0, 0.1) is 0 Å². The summed E-state index contributed by atoms with van der Waals surface area (Å²) in [5, 5.41) is 6.68. The zero-order chi connectivity index (χ0) is 15.2. The van der Waals surface area contributed by atoms with Gasteiger partial charge in [-0.15, -0.1) is 0 Å². The number of carbonyl (C=O) groups excluding carboxylic acids is 1. The van der Waals surface area contributed by atoms with Gasteiger partial charge in [0.25, 0.3) is 0 Å². The number of carbonyl (C=O) groups is 1. The standard InChI is InChI=1S/C14H17BrN4O2/c1-21-5-4-17-13(20)8-19-14-10-6-9(15)2-3-12(10)18-7-11(14)16/h2-3,6-7H,4-5,8,16H2,1H3,(H,17,20)(H,18,19). The average molecular weight is 353 g/mol. The van der Waals surface area contributed by atoms with Crippen LogP contribution in [0.1, 0.15) is 0 Å². The van der Waals surface area contributed by atoms with Gasteiger partial charge in [0, 0.05) is 23.5 Å². The van der Waals surface area contributed by atoms with Crippen LogP contribution in [-0.2, 0) is 9.53 Å². The Hall–Kier alpha value is -1.86. The van der Waals surface area contributed by atoms with Crippen LogP contribution in [0.2, 0.25) is 0 Å². The highest BCUT2D eigenvalue weighted by Crippen LogP contribution is 2.29. The molecule has 0 saturated carbocycles. The van der Waals surface area contributed by atoms with Crippen molar-refractivity contribution >= 4 is 44.1 Å². The summed E-state index contributed by atoms with van der Waals surface area (Å²) in [6, 6.07) is 5.72. The van der Waals surface area contributed by atoms with Gasteiger partial charge in [0.1, 0.15) is 0 Å². The number of nitrogens with two attached hydrogens (primary N) is 1. The topological polar surface area (TPSA) is 89.3 Å². The molecular weight excluding hydrogens is 336 g/mol. The molecule has 7 heteroatoms. The highest BCUT2D eigenvalue weighted by atomic mass is 79.9. The molecule has 1 aromatic heterocycles. The molecule has 0 saturated heterocycles. The van der Waals surface area contributed by atoms with Gasteiger partial charge < -0.3 is 21.1 Å². The summed E-state index contributed by atoms with van der Waals surface area (Å²) in [6.45, 7) is 1.10. The fourth-order valence-corrected chi connectivity index (χ4v) is 2.26. The van der Waals surface area contributed by atoms with E-state index < -0.39 is 0 Å². The lowest BCUT2D eigenvalue weighted by molar-refractivity contribution is -0.119. The Balaban J connectivity index is 2.12. The molecule has 1 heterocycles. The molecule has 0 aliphatic carbocycles. The molecule has 0 unspecified atom stereocenters. The Morgan fingerprint density at radius 3 is 3.05 bits per heavy atom. The highest BCUT2D eigenvalue weighted by molar-refractivity contribution is 9.10. The van der Waals surface area contributed by atoms with E-state index in [1.165, 1.54) is 0 Å². The van der Waals surface area contributed by atoms with Crippen LogP contribution in [0.15, 0.2) is 28.9 Å². The second-order valence-corrected chi connectivity index (χ2v) is 5.36. The second-order valence-electron chi connectivity index (χ2n) is 4.45. The molecule has 4 N–H and O–H groups in total. The minimum absolute atomic E-state index is 0.119. The first-order valence-corrected chi connectivity index (χ1v) is 7.24. The quantitative estimate of drug-likeness (QED) is 0.689. The van der Waals surface area contributed by atoms with E-state index >= 15 is 0 Å². The molecule has 2 rings (SSSR count). The van der Waals surface area contributed by atoms with Gasteiger partial charge >= 0.3 is 0 Å². The van der Waals surface area contributed by atoms with Gasteiger partial charge in [-0.3, -0.25) is 9.78 Å². The number of nitrogens with one attached hydrogen (secondary N) is 2. The number of aromatic nitrogens is 1. The van der Waals surface area contributed by atoms with Crippen molar-refractivity contribution in [2.24, 2.45) is 0 Å². The summed E-state index contributed by atoms with van der Waals surface area (Å²) in [5.74, 6) is -0.119. The molecule has 0 atom stereocenters. The number of hydrogen-bond donors (Lipinski definition) is 3. The first-order valence-electron chi connectivity index (χ1n) is 6.45. The molecule has 112 valence electrons. The van der Waals surface area contributed by atoms with Crippen LogP contribution in [0.25, 0.3) is 10.9 Å². The molecule has 0 aliphatic rings. The van der Waals surface area contributed by atoms with Gasteiger partial charge in [-0.1, -0.05) is 15.9 Å². The smallest absolute Gasteiger partial charge is 0.239 e. The van der Waals surface area contributed by atoms with Gasteiger partial charge in [0.05, 0.1) is 36.2 Å². The van der Waals surface area contributed by atoms with E-state index in [9.17, 15) is 4.79 Å². The van der Waals surface area contributed by atoms with Gasteiger partial charge in [-0.05, 0) is 18.2 Å². The van der Waals surface area contributed by atoms with Gasteiger partial charge in [-0.2, -0.15) is 0 Å². The van der Waals surface area contributed by atoms with Crippen molar-refractivity contribution in [2.45, 2.75) is 0 Å². The number of anilines is 2. The maximum absolute atomic E-state index is 11.7. The molecule has 0 aliphatic heterocycles. The number of rotatable bonds is 6. The molecule has 0 bridgehead atoms. The zero-order valence-electron chi connectivity index (χ0n) is 11.6. The molecule has 2 aromatic rings. The van der Waals surface area contributed by atoms with Crippen LogP contribution in [0.5, 0.6) is 0 Å². The predicted octanol–water partition coefficient (Wildman–Crippen LogP) is 1.75. The number of amides is 1. The third-order valence-electron chi connectivity index (χ3n) is 2.91. The Bertz CT molecular complexity index is 643. The lowest BCUT2D eigenvalue weighted by atomic mass is 10.1. The first kappa shape index (κ1) is 15.5. The largest absolute Gasteiger partial charge is 0.396 e. The summed E-state index contributed by atoms with van der Waals surface area (Å²) < 4.78 is 5.80. The van der Waals surface area contributed by atoms with E-state index in [0.29, 0.717) is 24.5 Å². The second kappa shape index (κ2) is 7.24. The normalized spacial score (nSPS) is 10.6. The predicted molar refractivity (Wildman–Crippen MR) is 87.2 cm³/mol. The number of ether oxygens (including phenoxy) is 1. The summed E-state index contributed by atoms with van der Waals surface area (Å²) in [5.41, 5.74) is 7.98. The van der Waals surface area contributed by atoms with Crippen molar-refractivity contribution in [3.8, 4) is 0 Å². The van der Waals surface area contributed by atoms with Crippen molar-refractivity contribution in [2.75, 3.05) is 37.9 Å². The number of halogens is 1. The van der Waals surface area contributed by atoms with E-state index in [1.54, 1.807) is 13.3 Å². The lowest BCUT2D eigenvalue weighted by Gasteiger charge is -2.12. The average Bonchev–Trinajstić information content (AvgIpc) is 2.46. The van der Waals surface area contributed by atoms with Crippen LogP contribution in [0.4, 0.5) is 11.4 Å². The van der Waals surface area contributed by atoms with Crippen LogP contribution < -0.4 is 16.4 Å². The zero-order valence-corrected chi connectivity index (χ0v) is 13.2. The fraction of sp³-hybridized carbons (Fsp3) is 0.286. The van der Waals surface area contributed by atoms with E-state index in [0.717, 1.165) is 15.4 Å². The number of methoxy groups -OCH3 is 1. The molecule has 21 heavy (non-hydrogen) atoms. The summed E-state index contributed by atoms with van der Waals surface area (Å²) in [6.07, 6.45) is 1.58. The number of fused-ring (bicyclic) bond motifs is 1. The molecule has 1 aromatic carbocycles. The number of nitrogens with zero attached hydrogens (tertiary/aromatic N) is 1. The third kappa shape index (κ3) is 4.05. The molecular formula is C14H17BrN4O2. The summed E-state index contributed by atoms with van der Waals surface area (Å²) in [4.78, 5) is 16.0. The maximum atomic E-state index is 11.7. The van der Waals surface area contributed by atoms with Gasteiger partial charge in [0.2, 0.25) is 5.91 Å².